The molecule has 0 unspecified atom stereocenters. The summed E-state index contributed by atoms with van der Waals surface area (Å²) in [5, 5.41) is 11.8. The second-order valence-corrected chi connectivity index (χ2v) is 5.37. The Morgan fingerprint density at radius 3 is 2.32 bits per heavy atom. The molecule has 2 aromatic rings. The largest absolute Gasteiger partial charge is 0.487 e. The average molecular weight is 363 g/mol. The lowest BCUT2D eigenvalue weighted by Crippen LogP contribution is -1.98. The molecule has 0 amide bonds. The Morgan fingerprint density at radius 2 is 1.77 bits per heavy atom. The third kappa shape index (κ3) is 3.74. The maximum atomic E-state index is 10.9. The van der Waals surface area contributed by atoms with Gasteiger partial charge in [0.2, 0.25) is 5.75 Å². The van der Waals surface area contributed by atoms with Crippen molar-refractivity contribution in [3.63, 3.8) is 0 Å². The van der Waals surface area contributed by atoms with E-state index in [1.807, 2.05) is 0 Å². The summed E-state index contributed by atoms with van der Waals surface area (Å²) in [7, 11) is 0. The highest BCUT2D eigenvalue weighted by Crippen LogP contribution is 2.40. The molecule has 2 aromatic carbocycles. The minimum Gasteiger partial charge on any atom is -0.487 e. The van der Waals surface area contributed by atoms with Crippen molar-refractivity contribution in [2.45, 2.75) is 6.92 Å². The van der Waals surface area contributed by atoms with Crippen LogP contribution in [-0.2, 0) is 0 Å². The van der Waals surface area contributed by atoms with Gasteiger partial charge in [0.05, 0.1) is 21.6 Å². The molecule has 0 radical (unpaired) electrons. The third-order valence-corrected chi connectivity index (χ3v) is 3.39. The molecule has 0 saturated heterocycles. The van der Waals surface area contributed by atoms with Gasteiger partial charge in [-0.2, -0.15) is 0 Å². The van der Waals surface area contributed by atoms with Crippen molar-refractivity contribution in [2.75, 3.05) is 6.61 Å². The van der Waals surface area contributed by atoms with Gasteiger partial charge in [0.1, 0.15) is 5.75 Å². The molecule has 0 aliphatic heterocycles. The summed E-state index contributed by atoms with van der Waals surface area (Å²) in [6.07, 6.45) is 0. The molecule has 5 nitrogen and oxygen atoms in total. The van der Waals surface area contributed by atoms with Crippen LogP contribution < -0.4 is 9.47 Å². The number of hydrogen-bond donors (Lipinski definition) is 0. The molecule has 0 N–H and O–H groups in total. The van der Waals surface area contributed by atoms with Crippen LogP contribution in [0.4, 0.5) is 5.69 Å². The predicted molar refractivity (Wildman–Crippen MR) is 85.8 cm³/mol. The Labute approximate surface area is 141 Å². The quantitative estimate of drug-likeness (QED) is 0.502. The molecule has 0 saturated carbocycles. The smallest absolute Gasteiger partial charge is 0.311 e. The summed E-state index contributed by atoms with van der Waals surface area (Å²) in [4.78, 5) is 10.4. The summed E-state index contributed by atoms with van der Waals surface area (Å²) in [6, 6.07) is 7.10. The van der Waals surface area contributed by atoms with Crippen LogP contribution in [0.5, 0.6) is 17.2 Å². The van der Waals surface area contributed by atoms with Gasteiger partial charge >= 0.3 is 5.69 Å². The van der Waals surface area contributed by atoms with E-state index in [1.165, 1.54) is 30.3 Å². The number of nitro benzene ring substituents is 1. The van der Waals surface area contributed by atoms with Crippen LogP contribution in [0.3, 0.4) is 0 Å². The van der Waals surface area contributed by atoms with Gasteiger partial charge in [0, 0.05) is 17.2 Å². The van der Waals surface area contributed by atoms with Crippen LogP contribution in [0.1, 0.15) is 6.92 Å². The van der Waals surface area contributed by atoms with E-state index in [-0.39, 0.29) is 33.8 Å². The average Bonchev–Trinajstić information content (AvgIpc) is 2.43. The number of ether oxygens (including phenoxy) is 2. The highest BCUT2D eigenvalue weighted by molar-refractivity contribution is 6.40. The number of nitrogens with zero attached hydrogens (tertiary/aromatic N) is 1. The van der Waals surface area contributed by atoms with Crippen LogP contribution in [-0.4, -0.2) is 11.5 Å². The zero-order valence-electron chi connectivity index (χ0n) is 11.3. The van der Waals surface area contributed by atoms with Gasteiger partial charge in [-0.15, -0.1) is 0 Å². The van der Waals surface area contributed by atoms with E-state index in [0.29, 0.717) is 10.8 Å². The van der Waals surface area contributed by atoms with Crippen molar-refractivity contribution < 1.29 is 14.4 Å². The van der Waals surface area contributed by atoms with E-state index in [0.717, 1.165) is 0 Å². The van der Waals surface area contributed by atoms with Crippen molar-refractivity contribution in [3.8, 4) is 17.2 Å². The first kappa shape index (κ1) is 16.7. The summed E-state index contributed by atoms with van der Waals surface area (Å²) >= 11 is 17.9. The van der Waals surface area contributed by atoms with Crippen LogP contribution >= 0.6 is 34.8 Å². The van der Waals surface area contributed by atoms with E-state index in [1.54, 1.807) is 6.92 Å². The summed E-state index contributed by atoms with van der Waals surface area (Å²) in [6.45, 7) is 2.01. The van der Waals surface area contributed by atoms with Gasteiger partial charge in [-0.3, -0.25) is 10.1 Å². The molecule has 116 valence electrons. The monoisotopic (exact) mass is 361 g/mol. The number of rotatable bonds is 5. The van der Waals surface area contributed by atoms with Crippen molar-refractivity contribution in [2.24, 2.45) is 0 Å². The summed E-state index contributed by atoms with van der Waals surface area (Å²) in [5.41, 5.74) is -0.150. The normalized spacial score (nSPS) is 10.4. The predicted octanol–water partition coefficient (Wildman–Crippen LogP) is 5.75. The van der Waals surface area contributed by atoms with Crippen LogP contribution in [0, 0.1) is 10.1 Å². The van der Waals surface area contributed by atoms with Gasteiger partial charge in [-0.25, -0.2) is 0 Å². The maximum absolute atomic E-state index is 10.9. The molecule has 0 aromatic heterocycles. The Kier molecular flexibility index (Phi) is 5.34. The highest BCUT2D eigenvalue weighted by Gasteiger charge is 2.17. The standard InChI is InChI=1S/C14H10Cl3NO4/c1-2-21-13-7-9(3-4-12(13)18(19)20)22-14-10(16)5-8(15)6-11(14)17/h3-7H,2H2,1H3. The van der Waals surface area contributed by atoms with E-state index < -0.39 is 4.92 Å². The van der Waals surface area contributed by atoms with E-state index in [4.69, 9.17) is 44.3 Å². The van der Waals surface area contributed by atoms with Gasteiger partial charge in [-0.05, 0) is 25.1 Å². The molecule has 2 rings (SSSR count). The zero-order valence-corrected chi connectivity index (χ0v) is 13.6. The number of halogens is 3. The molecule has 0 spiro atoms. The molecule has 0 aliphatic carbocycles. The first-order valence-electron chi connectivity index (χ1n) is 6.16. The second-order valence-electron chi connectivity index (χ2n) is 4.12. The lowest BCUT2D eigenvalue weighted by Gasteiger charge is -2.11. The minimum absolute atomic E-state index is 0.103. The Balaban J connectivity index is 2.38. The van der Waals surface area contributed by atoms with Gasteiger partial charge in [0.15, 0.2) is 5.75 Å². The SMILES string of the molecule is CCOc1cc(Oc2c(Cl)cc(Cl)cc2Cl)ccc1[N+](=O)[O-]. The second kappa shape index (κ2) is 7.05. The number of hydrogen-bond acceptors (Lipinski definition) is 4. The van der Waals surface area contributed by atoms with E-state index >= 15 is 0 Å². The molecule has 0 fully saturated rings. The Morgan fingerprint density at radius 1 is 1.14 bits per heavy atom. The Hall–Kier alpha value is -1.69. The van der Waals surface area contributed by atoms with Crippen LogP contribution in [0.25, 0.3) is 0 Å². The Bertz CT molecular complexity index is 698. The maximum Gasteiger partial charge on any atom is 0.311 e. The molecular weight excluding hydrogens is 353 g/mol. The fourth-order valence-electron chi connectivity index (χ4n) is 1.72. The molecular formula is C14H10Cl3NO4. The van der Waals surface area contributed by atoms with Crippen molar-refractivity contribution in [3.05, 3.63) is 55.5 Å². The molecule has 0 heterocycles. The van der Waals surface area contributed by atoms with Crippen LogP contribution in [0.2, 0.25) is 15.1 Å². The minimum atomic E-state index is -0.531. The van der Waals surface area contributed by atoms with Crippen LogP contribution in [0.15, 0.2) is 30.3 Å². The lowest BCUT2D eigenvalue weighted by molar-refractivity contribution is -0.385. The molecule has 0 bridgehead atoms. The molecule has 0 aliphatic rings. The van der Waals surface area contributed by atoms with Crippen molar-refractivity contribution >= 4 is 40.5 Å². The fourth-order valence-corrected chi connectivity index (χ4v) is 2.62. The number of benzene rings is 2. The van der Waals surface area contributed by atoms with E-state index in [2.05, 4.69) is 0 Å². The molecule has 0 atom stereocenters. The number of nitro groups is 1. The fraction of sp³-hybridized carbons (Fsp3) is 0.143. The van der Waals surface area contributed by atoms with E-state index in [9.17, 15) is 10.1 Å². The first-order chi connectivity index (χ1) is 10.4. The third-order valence-electron chi connectivity index (χ3n) is 2.61. The molecule has 22 heavy (non-hydrogen) atoms. The highest BCUT2D eigenvalue weighted by atomic mass is 35.5. The first-order valence-corrected chi connectivity index (χ1v) is 7.29. The van der Waals surface area contributed by atoms with Gasteiger partial charge < -0.3 is 9.47 Å². The summed E-state index contributed by atoms with van der Waals surface area (Å²) in [5.74, 6) is 0.621. The summed E-state index contributed by atoms with van der Waals surface area (Å²) < 4.78 is 10.8. The lowest BCUT2D eigenvalue weighted by atomic mass is 10.2. The van der Waals surface area contributed by atoms with Crippen molar-refractivity contribution in [1.82, 2.24) is 0 Å². The zero-order chi connectivity index (χ0) is 16.3. The van der Waals surface area contributed by atoms with Gasteiger partial charge in [-0.1, -0.05) is 34.8 Å². The van der Waals surface area contributed by atoms with Gasteiger partial charge in [0.25, 0.3) is 0 Å². The topological polar surface area (TPSA) is 61.6 Å². The molecule has 8 heteroatoms. The van der Waals surface area contributed by atoms with Crippen molar-refractivity contribution in [1.29, 1.82) is 0 Å².